The van der Waals surface area contributed by atoms with E-state index in [0.29, 0.717) is 5.02 Å². The quantitative estimate of drug-likeness (QED) is 0.306. The van der Waals surface area contributed by atoms with Crippen LogP contribution in [0.5, 0.6) is 0 Å². The van der Waals surface area contributed by atoms with Crippen LogP contribution in [-0.4, -0.2) is 16.7 Å². The van der Waals surface area contributed by atoms with Crippen LogP contribution < -0.4 is 5.73 Å². The highest BCUT2D eigenvalue weighted by atomic mass is 35.5. The summed E-state index contributed by atoms with van der Waals surface area (Å²) in [6, 6.07) is 11.5. The molecule has 2 N–H and O–H groups in total. The third-order valence-corrected chi connectivity index (χ3v) is 2.91. The molecule has 2 aromatic carbocycles. The van der Waals surface area contributed by atoms with Crippen LogP contribution in [0.15, 0.2) is 53.7 Å². The fraction of sp³-hybridized carbons (Fsp3) is 0. The predicted molar refractivity (Wildman–Crippen MR) is 80.7 cm³/mol. The summed E-state index contributed by atoms with van der Waals surface area (Å²) in [5, 5.41) is 14.6. The Balaban J connectivity index is 2.12. The molecule has 0 radical (unpaired) electrons. The number of carbonyl (C=O) groups is 1. The molecule has 0 atom stereocenters. The molecule has 112 valence electrons. The van der Waals surface area contributed by atoms with Crippen LogP contribution in [-0.2, 0) is 4.84 Å². The molecule has 0 saturated heterocycles. The number of rotatable bonds is 4. The van der Waals surface area contributed by atoms with Crippen molar-refractivity contribution in [2.24, 2.45) is 10.9 Å². The van der Waals surface area contributed by atoms with Crippen molar-refractivity contribution in [3.8, 4) is 0 Å². The molecule has 2 rings (SSSR count). The fourth-order valence-electron chi connectivity index (χ4n) is 1.56. The summed E-state index contributed by atoms with van der Waals surface area (Å²) in [7, 11) is 0. The van der Waals surface area contributed by atoms with Crippen LogP contribution in [0.25, 0.3) is 0 Å². The number of hydrogen-bond acceptors (Lipinski definition) is 5. The fourth-order valence-corrected chi connectivity index (χ4v) is 1.69. The molecule has 0 spiro atoms. The van der Waals surface area contributed by atoms with E-state index < -0.39 is 10.9 Å². The van der Waals surface area contributed by atoms with Crippen molar-refractivity contribution in [2.75, 3.05) is 0 Å². The second-order valence-electron chi connectivity index (χ2n) is 4.17. The summed E-state index contributed by atoms with van der Waals surface area (Å²) < 4.78 is 0. The number of nitrogens with two attached hydrogens (primary N) is 1. The first-order valence-electron chi connectivity index (χ1n) is 6.02. The first-order valence-corrected chi connectivity index (χ1v) is 6.40. The average molecular weight is 320 g/mol. The molecule has 0 aliphatic heterocycles. The number of nitro groups is 1. The maximum absolute atomic E-state index is 11.7. The van der Waals surface area contributed by atoms with Gasteiger partial charge in [-0.2, -0.15) is 0 Å². The van der Waals surface area contributed by atoms with Gasteiger partial charge in [0.25, 0.3) is 5.69 Å². The van der Waals surface area contributed by atoms with Crippen LogP contribution in [0.2, 0.25) is 5.02 Å². The monoisotopic (exact) mass is 319 g/mol. The molecule has 0 heterocycles. The summed E-state index contributed by atoms with van der Waals surface area (Å²) in [6.45, 7) is 0. The van der Waals surface area contributed by atoms with Gasteiger partial charge >= 0.3 is 5.97 Å². The molecule has 0 unspecified atom stereocenters. The summed E-state index contributed by atoms with van der Waals surface area (Å²) in [5.41, 5.74) is 6.03. The van der Waals surface area contributed by atoms with Gasteiger partial charge in [0, 0.05) is 22.7 Å². The predicted octanol–water partition coefficient (Wildman–Crippen LogP) is 2.73. The van der Waals surface area contributed by atoms with Crippen LogP contribution in [0.4, 0.5) is 5.69 Å². The van der Waals surface area contributed by atoms with E-state index in [9.17, 15) is 14.9 Å². The molecule has 7 nitrogen and oxygen atoms in total. The lowest BCUT2D eigenvalue weighted by atomic mass is 10.2. The number of nitro benzene ring substituents is 1. The van der Waals surface area contributed by atoms with Gasteiger partial charge in [0.2, 0.25) is 0 Å². The van der Waals surface area contributed by atoms with Crippen molar-refractivity contribution in [1.29, 1.82) is 0 Å². The van der Waals surface area contributed by atoms with E-state index in [-0.39, 0.29) is 22.6 Å². The summed E-state index contributed by atoms with van der Waals surface area (Å²) in [6.07, 6.45) is 0. The van der Waals surface area contributed by atoms with Gasteiger partial charge < -0.3 is 10.6 Å². The third kappa shape index (κ3) is 3.80. The summed E-state index contributed by atoms with van der Waals surface area (Å²) in [4.78, 5) is 26.6. The molecule has 0 aliphatic rings. The van der Waals surface area contributed by atoms with Crippen molar-refractivity contribution in [1.82, 2.24) is 0 Å². The summed E-state index contributed by atoms with van der Waals surface area (Å²) in [5.74, 6) is -0.865. The highest BCUT2D eigenvalue weighted by Crippen LogP contribution is 2.13. The first-order chi connectivity index (χ1) is 10.5. The minimum absolute atomic E-state index is 0.139. The van der Waals surface area contributed by atoms with Crippen molar-refractivity contribution in [3.05, 3.63) is 74.8 Å². The van der Waals surface area contributed by atoms with E-state index in [1.165, 1.54) is 48.5 Å². The van der Waals surface area contributed by atoms with Crippen LogP contribution >= 0.6 is 11.6 Å². The molecule has 2 aromatic rings. The molecule has 0 aliphatic carbocycles. The highest BCUT2D eigenvalue weighted by molar-refractivity contribution is 6.30. The van der Waals surface area contributed by atoms with Gasteiger partial charge in [0.05, 0.1) is 10.5 Å². The Morgan fingerprint density at radius 1 is 1.18 bits per heavy atom. The van der Waals surface area contributed by atoms with Gasteiger partial charge in [0.1, 0.15) is 0 Å². The Labute approximate surface area is 130 Å². The maximum Gasteiger partial charge on any atom is 0.365 e. The van der Waals surface area contributed by atoms with E-state index in [0.717, 1.165) is 0 Å². The highest BCUT2D eigenvalue weighted by Gasteiger charge is 2.10. The molecule has 0 fully saturated rings. The number of halogens is 1. The molecular weight excluding hydrogens is 310 g/mol. The number of non-ortho nitro benzene ring substituents is 1. The van der Waals surface area contributed by atoms with Crippen molar-refractivity contribution in [2.45, 2.75) is 0 Å². The van der Waals surface area contributed by atoms with Crippen molar-refractivity contribution < 1.29 is 14.6 Å². The standard InChI is InChI=1S/C14H10ClN3O4/c15-11-6-4-9(5-7-11)14(19)22-17-13(16)10-2-1-3-12(8-10)18(20)21/h1-8H,(H2,16,17). The van der Waals surface area contributed by atoms with E-state index >= 15 is 0 Å². The Morgan fingerprint density at radius 3 is 2.50 bits per heavy atom. The Hall–Kier alpha value is -2.93. The number of benzene rings is 2. The largest absolute Gasteiger partial charge is 0.380 e. The Kier molecular flexibility index (Phi) is 4.70. The van der Waals surface area contributed by atoms with Gasteiger partial charge in [-0.1, -0.05) is 28.9 Å². The number of amidine groups is 1. The first kappa shape index (κ1) is 15.5. The minimum Gasteiger partial charge on any atom is -0.380 e. The Bertz CT molecular complexity index is 744. The Morgan fingerprint density at radius 2 is 1.86 bits per heavy atom. The van der Waals surface area contributed by atoms with Crippen LogP contribution in [0, 0.1) is 10.1 Å². The molecule has 8 heteroatoms. The van der Waals surface area contributed by atoms with E-state index in [4.69, 9.17) is 22.2 Å². The smallest absolute Gasteiger partial charge is 0.365 e. The number of oxime groups is 1. The third-order valence-electron chi connectivity index (χ3n) is 2.66. The van der Waals surface area contributed by atoms with E-state index in [1.807, 2.05) is 0 Å². The molecule has 22 heavy (non-hydrogen) atoms. The maximum atomic E-state index is 11.7. The van der Waals surface area contributed by atoms with E-state index in [1.54, 1.807) is 0 Å². The van der Waals surface area contributed by atoms with Crippen LogP contribution in [0.1, 0.15) is 15.9 Å². The molecular formula is C14H10ClN3O4. The lowest BCUT2D eigenvalue weighted by Crippen LogP contribution is -2.15. The molecule has 0 saturated carbocycles. The number of nitrogens with zero attached hydrogens (tertiary/aromatic N) is 2. The topological polar surface area (TPSA) is 108 Å². The normalized spacial score (nSPS) is 11.0. The molecule has 0 amide bonds. The lowest BCUT2D eigenvalue weighted by molar-refractivity contribution is -0.384. The van der Waals surface area contributed by atoms with E-state index in [2.05, 4.69) is 5.16 Å². The van der Waals surface area contributed by atoms with Gasteiger partial charge in [-0.15, -0.1) is 0 Å². The van der Waals surface area contributed by atoms with Crippen molar-refractivity contribution in [3.63, 3.8) is 0 Å². The SMILES string of the molecule is NC(=NOC(=O)c1ccc(Cl)cc1)c1cccc([N+](=O)[O-])c1. The van der Waals surface area contributed by atoms with Gasteiger partial charge in [-0.25, -0.2) is 4.79 Å². The minimum atomic E-state index is -0.718. The molecule has 0 aromatic heterocycles. The van der Waals surface area contributed by atoms with Gasteiger partial charge in [-0.3, -0.25) is 10.1 Å². The number of carbonyl (C=O) groups excluding carboxylic acids is 1. The van der Waals surface area contributed by atoms with Gasteiger partial charge in [-0.05, 0) is 24.3 Å². The molecule has 0 bridgehead atoms. The zero-order valence-electron chi connectivity index (χ0n) is 11.1. The second-order valence-corrected chi connectivity index (χ2v) is 4.61. The number of hydrogen-bond donors (Lipinski definition) is 1. The zero-order chi connectivity index (χ0) is 16.1. The average Bonchev–Trinajstić information content (AvgIpc) is 2.53. The zero-order valence-corrected chi connectivity index (χ0v) is 11.9. The second kappa shape index (κ2) is 6.68. The van der Waals surface area contributed by atoms with Crippen molar-refractivity contribution >= 4 is 29.1 Å². The summed E-state index contributed by atoms with van der Waals surface area (Å²) >= 11 is 5.71. The van der Waals surface area contributed by atoms with Crippen LogP contribution in [0.3, 0.4) is 0 Å². The lowest BCUT2D eigenvalue weighted by Gasteiger charge is -2.01. The van der Waals surface area contributed by atoms with Gasteiger partial charge in [0.15, 0.2) is 5.84 Å².